The molecule has 3 heterocycles. The van der Waals surface area contributed by atoms with Gasteiger partial charge in [-0.15, -0.1) is 0 Å². The largest absolute Gasteiger partial charge is 0.508 e. The van der Waals surface area contributed by atoms with Crippen molar-refractivity contribution in [1.29, 1.82) is 0 Å². The van der Waals surface area contributed by atoms with Crippen molar-refractivity contribution < 1.29 is 14.7 Å². The normalized spacial score (nSPS) is 17.3. The molecule has 5 aromatic rings. The monoisotopic (exact) mass is 459 g/mol. The molecular weight excluding hydrogens is 438 g/mol. The molecule has 2 aromatic heterocycles. The second-order valence-electron chi connectivity index (χ2n) is 9.29. The van der Waals surface area contributed by atoms with Gasteiger partial charge >= 0.3 is 0 Å². The van der Waals surface area contributed by atoms with E-state index in [1.807, 2.05) is 30.5 Å². The third-order valence-electron chi connectivity index (χ3n) is 7.42. The highest BCUT2D eigenvalue weighted by Crippen LogP contribution is 2.40. The van der Waals surface area contributed by atoms with Gasteiger partial charge in [0.05, 0.1) is 16.6 Å². The van der Waals surface area contributed by atoms with Gasteiger partial charge < -0.3 is 10.1 Å². The fourth-order valence-electron chi connectivity index (χ4n) is 5.81. The zero-order chi connectivity index (χ0) is 23.7. The maximum absolute atomic E-state index is 13.2. The highest BCUT2D eigenvalue weighted by atomic mass is 16.3. The Balaban J connectivity index is 1.41. The Bertz CT molecular complexity index is 1650. The van der Waals surface area contributed by atoms with E-state index < -0.39 is 0 Å². The van der Waals surface area contributed by atoms with Gasteiger partial charge in [0.25, 0.3) is 11.8 Å². The minimum atomic E-state index is -0.228. The molecule has 1 unspecified atom stereocenters. The third-order valence-corrected chi connectivity index (χ3v) is 7.42. The van der Waals surface area contributed by atoms with Crippen LogP contribution in [0.15, 0.2) is 72.9 Å². The number of pyridine rings is 1. The van der Waals surface area contributed by atoms with Crippen LogP contribution in [0.2, 0.25) is 0 Å². The highest BCUT2D eigenvalue weighted by Gasteiger charge is 2.41. The van der Waals surface area contributed by atoms with Gasteiger partial charge in [-0.25, -0.2) is 0 Å². The number of phenols is 1. The van der Waals surface area contributed by atoms with Crippen molar-refractivity contribution in [3.05, 3.63) is 95.2 Å². The van der Waals surface area contributed by atoms with E-state index in [0.29, 0.717) is 24.0 Å². The van der Waals surface area contributed by atoms with Gasteiger partial charge in [0.15, 0.2) is 0 Å². The first-order chi connectivity index (χ1) is 17.1. The number of nitrogens with one attached hydrogen (secondary N) is 1. The van der Waals surface area contributed by atoms with Gasteiger partial charge in [-0.3, -0.25) is 19.5 Å². The molecule has 2 N–H and O–H groups in total. The first-order valence-electron chi connectivity index (χ1n) is 11.8. The molecule has 170 valence electrons. The van der Waals surface area contributed by atoms with Crippen molar-refractivity contribution in [3.63, 3.8) is 0 Å². The molecule has 1 aliphatic heterocycles. The van der Waals surface area contributed by atoms with Crippen molar-refractivity contribution >= 4 is 33.6 Å². The average Bonchev–Trinajstić information content (AvgIpc) is 3.46. The molecule has 0 bridgehead atoms. The van der Waals surface area contributed by atoms with Crippen molar-refractivity contribution in [1.82, 2.24) is 14.9 Å². The summed E-state index contributed by atoms with van der Waals surface area (Å²) >= 11 is 0. The standard InChI is InChI=1S/C29H21N3O3/c33-18-8-5-16(6-9-18)27-23-15-17(32-28(34)20-3-1-2-4-21(20)29(32)35)7-10-19(23)26-22-13-14-30-24(22)11-12-25(26)31-27/h1-6,8-9,11-14,17,31,33H,7,10,15H2. The molecule has 6 heteroatoms. The first-order valence-corrected chi connectivity index (χ1v) is 11.8. The predicted octanol–water partition coefficient (Wildman–Crippen LogP) is 5.24. The van der Waals surface area contributed by atoms with Gasteiger partial charge in [0.1, 0.15) is 5.75 Å². The maximum Gasteiger partial charge on any atom is 0.261 e. The van der Waals surface area contributed by atoms with E-state index in [9.17, 15) is 14.7 Å². The molecule has 2 aliphatic rings. The van der Waals surface area contributed by atoms with Crippen molar-refractivity contribution in [2.75, 3.05) is 0 Å². The number of benzene rings is 3. The number of rotatable bonds is 2. The Morgan fingerprint density at radius 1 is 0.886 bits per heavy atom. The number of imide groups is 1. The van der Waals surface area contributed by atoms with Crippen LogP contribution in [0.1, 0.15) is 38.3 Å². The predicted molar refractivity (Wildman–Crippen MR) is 133 cm³/mol. The van der Waals surface area contributed by atoms with Crippen LogP contribution in [-0.4, -0.2) is 37.8 Å². The fourth-order valence-corrected chi connectivity index (χ4v) is 5.81. The fraction of sp³-hybridized carbons (Fsp3) is 0.138. The lowest BCUT2D eigenvalue weighted by Crippen LogP contribution is -2.43. The van der Waals surface area contributed by atoms with Gasteiger partial charge in [0, 0.05) is 34.2 Å². The lowest BCUT2D eigenvalue weighted by Gasteiger charge is -2.33. The van der Waals surface area contributed by atoms with Crippen molar-refractivity contribution in [2.45, 2.75) is 25.3 Å². The lowest BCUT2D eigenvalue weighted by atomic mass is 9.82. The Labute approximate surface area is 200 Å². The molecular formula is C29H21N3O3. The van der Waals surface area contributed by atoms with Crippen LogP contribution in [0.4, 0.5) is 0 Å². The minimum Gasteiger partial charge on any atom is -0.508 e. The Hall–Kier alpha value is -4.45. The quantitative estimate of drug-likeness (QED) is 0.354. The number of nitrogens with zero attached hydrogens (tertiary/aromatic N) is 2. The zero-order valence-electron chi connectivity index (χ0n) is 18.8. The van der Waals surface area contributed by atoms with Gasteiger partial charge in [-0.1, -0.05) is 12.1 Å². The zero-order valence-corrected chi connectivity index (χ0v) is 18.8. The summed E-state index contributed by atoms with van der Waals surface area (Å²) in [5.74, 6) is -0.216. The Morgan fingerprint density at radius 2 is 1.63 bits per heavy atom. The van der Waals surface area contributed by atoms with E-state index in [4.69, 9.17) is 0 Å². The number of fused-ring (bicyclic) bond motifs is 6. The number of carbonyl (C=O) groups is 2. The van der Waals surface area contributed by atoms with E-state index in [1.54, 1.807) is 36.4 Å². The second-order valence-corrected chi connectivity index (χ2v) is 9.29. The molecule has 1 aliphatic carbocycles. The number of hydrogen-bond acceptors (Lipinski definition) is 4. The van der Waals surface area contributed by atoms with E-state index in [1.165, 1.54) is 10.5 Å². The van der Waals surface area contributed by atoms with Crippen molar-refractivity contribution in [3.8, 4) is 17.0 Å². The summed E-state index contributed by atoms with van der Waals surface area (Å²) in [4.78, 5) is 36.0. The van der Waals surface area contributed by atoms with Crippen LogP contribution in [0.5, 0.6) is 5.75 Å². The van der Waals surface area contributed by atoms with Crippen LogP contribution in [-0.2, 0) is 12.8 Å². The number of amides is 2. The third kappa shape index (κ3) is 2.86. The van der Waals surface area contributed by atoms with E-state index in [-0.39, 0.29) is 23.6 Å². The molecule has 3 aromatic carbocycles. The van der Waals surface area contributed by atoms with Gasteiger partial charge in [-0.2, -0.15) is 0 Å². The van der Waals surface area contributed by atoms with E-state index >= 15 is 0 Å². The summed E-state index contributed by atoms with van der Waals surface area (Å²) in [7, 11) is 0. The summed E-state index contributed by atoms with van der Waals surface area (Å²) in [5, 5.41) is 12.1. The van der Waals surface area contributed by atoms with Crippen LogP contribution in [0.25, 0.3) is 33.1 Å². The molecule has 7 rings (SSSR count). The van der Waals surface area contributed by atoms with Crippen LogP contribution >= 0.6 is 0 Å². The average molecular weight is 460 g/mol. The van der Waals surface area contributed by atoms with Crippen LogP contribution in [0.3, 0.4) is 0 Å². The second kappa shape index (κ2) is 7.27. The number of carbonyl (C=O) groups excluding carboxylic acids is 2. The molecule has 0 radical (unpaired) electrons. The summed E-state index contributed by atoms with van der Waals surface area (Å²) < 4.78 is 0. The molecule has 35 heavy (non-hydrogen) atoms. The number of aromatic nitrogens is 2. The number of H-pyrrole nitrogens is 1. The van der Waals surface area contributed by atoms with Crippen LogP contribution < -0.4 is 0 Å². The smallest absolute Gasteiger partial charge is 0.261 e. The van der Waals surface area contributed by atoms with E-state index in [0.717, 1.165) is 45.0 Å². The maximum atomic E-state index is 13.2. The number of phenolic OH excluding ortho intramolecular Hbond substituents is 1. The summed E-state index contributed by atoms with van der Waals surface area (Å²) in [5.41, 5.74) is 7.17. The van der Waals surface area contributed by atoms with Gasteiger partial charge in [0.2, 0.25) is 0 Å². The molecule has 0 saturated carbocycles. The Kier molecular flexibility index (Phi) is 4.15. The minimum absolute atomic E-state index is 0.205. The van der Waals surface area contributed by atoms with E-state index in [2.05, 4.69) is 16.0 Å². The highest BCUT2D eigenvalue weighted by molar-refractivity contribution is 6.21. The molecule has 0 spiro atoms. The molecule has 1 atom stereocenters. The summed E-state index contributed by atoms with van der Waals surface area (Å²) in [6.45, 7) is 0. The van der Waals surface area contributed by atoms with Crippen molar-refractivity contribution in [2.24, 2.45) is 0 Å². The molecule has 0 fully saturated rings. The number of hydrogen-bond donors (Lipinski definition) is 2. The number of aryl methyl sites for hydroxylation is 1. The van der Waals surface area contributed by atoms with Crippen LogP contribution in [0, 0.1) is 0 Å². The summed E-state index contributed by atoms with van der Waals surface area (Å²) in [6.07, 6.45) is 3.84. The lowest BCUT2D eigenvalue weighted by molar-refractivity contribution is 0.0571. The molecule has 2 amide bonds. The topological polar surface area (TPSA) is 86.3 Å². The van der Waals surface area contributed by atoms with Gasteiger partial charge in [-0.05, 0) is 90.6 Å². The number of aromatic hydroxyl groups is 1. The molecule has 6 nitrogen and oxygen atoms in total. The molecule has 0 saturated heterocycles. The number of aromatic amines is 1. The SMILES string of the molecule is O=C1c2ccccc2C(=O)N1C1CCc2c(c(-c3ccc(O)cc3)[nH]c3ccc4nccc4c23)C1. The summed E-state index contributed by atoms with van der Waals surface area (Å²) in [6, 6.07) is 20.1. The first kappa shape index (κ1) is 20.0. The Morgan fingerprint density at radius 3 is 2.37 bits per heavy atom.